The molecule has 2 atom stereocenters. The maximum Gasteiger partial charge on any atom is 0.254 e. The van der Waals surface area contributed by atoms with E-state index in [1.165, 1.54) is 0 Å². The molecule has 0 radical (unpaired) electrons. The summed E-state index contributed by atoms with van der Waals surface area (Å²) in [4.78, 5) is 14.4. The fourth-order valence-corrected chi connectivity index (χ4v) is 3.22. The van der Waals surface area contributed by atoms with Crippen molar-refractivity contribution >= 4 is 5.91 Å². The van der Waals surface area contributed by atoms with Gasteiger partial charge in [0.15, 0.2) is 0 Å². The van der Waals surface area contributed by atoms with Crippen LogP contribution in [0.15, 0.2) is 24.3 Å². The van der Waals surface area contributed by atoms with Gasteiger partial charge < -0.3 is 10.0 Å². The van der Waals surface area contributed by atoms with Crippen molar-refractivity contribution < 1.29 is 9.90 Å². The molecular formula is C15H19NO2. The Morgan fingerprint density at radius 1 is 1.17 bits per heavy atom. The molecule has 1 aromatic carbocycles. The molecule has 18 heavy (non-hydrogen) atoms. The minimum atomic E-state index is -0.340. The van der Waals surface area contributed by atoms with Gasteiger partial charge in [0.05, 0.1) is 12.1 Å². The van der Waals surface area contributed by atoms with E-state index in [1.807, 2.05) is 29.2 Å². The highest BCUT2D eigenvalue weighted by Gasteiger charge is 2.34. The van der Waals surface area contributed by atoms with Crippen LogP contribution in [-0.4, -0.2) is 34.6 Å². The third-order valence-corrected chi connectivity index (χ3v) is 4.22. The number of fused-ring (bicyclic) bond motifs is 1. The lowest BCUT2D eigenvalue weighted by Crippen LogP contribution is -2.51. The fourth-order valence-electron chi connectivity index (χ4n) is 3.22. The number of benzene rings is 1. The molecule has 2 aliphatic rings. The SMILES string of the molecule is O=C1c2ccccc2CCN1C1CCCCC1O. The minimum Gasteiger partial charge on any atom is -0.391 e. The molecule has 0 saturated heterocycles. The third kappa shape index (κ3) is 1.93. The van der Waals surface area contributed by atoms with E-state index in [-0.39, 0.29) is 18.1 Å². The number of aliphatic hydroxyl groups excluding tert-OH is 1. The van der Waals surface area contributed by atoms with Crippen LogP contribution in [0.25, 0.3) is 0 Å². The van der Waals surface area contributed by atoms with Crippen molar-refractivity contribution in [2.75, 3.05) is 6.54 Å². The number of aliphatic hydroxyl groups is 1. The number of amides is 1. The Morgan fingerprint density at radius 3 is 2.78 bits per heavy atom. The van der Waals surface area contributed by atoms with Crippen molar-refractivity contribution in [1.29, 1.82) is 0 Å². The van der Waals surface area contributed by atoms with Gasteiger partial charge in [0.1, 0.15) is 0 Å². The number of hydrogen-bond donors (Lipinski definition) is 1. The summed E-state index contributed by atoms with van der Waals surface area (Å²) in [7, 11) is 0. The second-order valence-electron chi connectivity index (χ2n) is 5.32. The number of rotatable bonds is 1. The van der Waals surface area contributed by atoms with E-state index in [0.29, 0.717) is 0 Å². The Labute approximate surface area is 107 Å². The maximum atomic E-state index is 12.5. The molecule has 1 fully saturated rings. The molecule has 1 aliphatic carbocycles. The maximum absolute atomic E-state index is 12.5. The highest BCUT2D eigenvalue weighted by atomic mass is 16.3. The highest BCUT2D eigenvalue weighted by molar-refractivity contribution is 5.97. The first-order chi connectivity index (χ1) is 8.77. The van der Waals surface area contributed by atoms with Crippen LogP contribution in [0.2, 0.25) is 0 Å². The predicted octanol–water partition coefficient (Wildman–Crippen LogP) is 1.99. The van der Waals surface area contributed by atoms with Gasteiger partial charge in [-0.3, -0.25) is 4.79 Å². The van der Waals surface area contributed by atoms with Gasteiger partial charge in [-0.25, -0.2) is 0 Å². The van der Waals surface area contributed by atoms with E-state index >= 15 is 0 Å². The van der Waals surface area contributed by atoms with Crippen molar-refractivity contribution in [3.05, 3.63) is 35.4 Å². The second kappa shape index (κ2) is 4.73. The summed E-state index contributed by atoms with van der Waals surface area (Å²) in [6, 6.07) is 7.86. The Balaban J connectivity index is 1.86. The molecular weight excluding hydrogens is 226 g/mol. The van der Waals surface area contributed by atoms with Crippen LogP contribution in [0.4, 0.5) is 0 Å². The predicted molar refractivity (Wildman–Crippen MR) is 69.4 cm³/mol. The smallest absolute Gasteiger partial charge is 0.254 e. The summed E-state index contributed by atoms with van der Waals surface area (Å²) in [5.74, 6) is 0.0998. The topological polar surface area (TPSA) is 40.5 Å². The Morgan fingerprint density at radius 2 is 1.94 bits per heavy atom. The molecule has 96 valence electrons. The largest absolute Gasteiger partial charge is 0.391 e. The number of carbonyl (C=O) groups is 1. The van der Waals surface area contributed by atoms with E-state index in [2.05, 4.69) is 0 Å². The molecule has 1 amide bonds. The van der Waals surface area contributed by atoms with E-state index in [1.54, 1.807) is 0 Å². The van der Waals surface area contributed by atoms with Crippen molar-refractivity contribution in [2.45, 2.75) is 44.2 Å². The fraction of sp³-hybridized carbons (Fsp3) is 0.533. The first-order valence-corrected chi connectivity index (χ1v) is 6.84. The lowest BCUT2D eigenvalue weighted by molar-refractivity contribution is 0.0162. The van der Waals surface area contributed by atoms with Crippen LogP contribution in [0.5, 0.6) is 0 Å². The van der Waals surface area contributed by atoms with E-state index in [0.717, 1.165) is 49.8 Å². The zero-order chi connectivity index (χ0) is 12.5. The minimum absolute atomic E-state index is 0.0274. The van der Waals surface area contributed by atoms with Gasteiger partial charge in [-0.1, -0.05) is 31.0 Å². The first-order valence-electron chi connectivity index (χ1n) is 6.84. The molecule has 3 heteroatoms. The Kier molecular flexibility index (Phi) is 3.08. The monoisotopic (exact) mass is 245 g/mol. The molecule has 1 N–H and O–H groups in total. The van der Waals surface area contributed by atoms with E-state index in [9.17, 15) is 9.90 Å². The molecule has 1 saturated carbocycles. The van der Waals surface area contributed by atoms with Gasteiger partial charge in [-0.2, -0.15) is 0 Å². The molecule has 1 aromatic rings. The Hall–Kier alpha value is -1.35. The Bertz CT molecular complexity index is 458. The normalized spacial score (nSPS) is 28.1. The lowest BCUT2D eigenvalue weighted by atomic mass is 9.89. The summed E-state index contributed by atoms with van der Waals surface area (Å²) in [6.45, 7) is 0.748. The van der Waals surface area contributed by atoms with Crippen molar-refractivity contribution in [2.24, 2.45) is 0 Å². The molecule has 3 nitrogen and oxygen atoms in total. The van der Waals surface area contributed by atoms with Crippen LogP contribution < -0.4 is 0 Å². The molecule has 0 aromatic heterocycles. The zero-order valence-electron chi connectivity index (χ0n) is 10.5. The van der Waals surface area contributed by atoms with Gasteiger partial charge in [0.25, 0.3) is 5.91 Å². The molecule has 3 rings (SSSR count). The molecule has 2 unspecified atom stereocenters. The average Bonchev–Trinajstić information content (AvgIpc) is 2.41. The lowest BCUT2D eigenvalue weighted by Gasteiger charge is -2.40. The number of nitrogens with zero attached hydrogens (tertiary/aromatic N) is 1. The molecule has 0 spiro atoms. The van der Waals surface area contributed by atoms with Crippen LogP contribution in [0.3, 0.4) is 0 Å². The standard InChI is InChI=1S/C15H19NO2/c17-14-8-4-3-7-13(14)16-10-9-11-5-1-2-6-12(11)15(16)18/h1-2,5-6,13-14,17H,3-4,7-10H2. The van der Waals surface area contributed by atoms with Crippen LogP contribution >= 0.6 is 0 Å². The molecule has 1 aliphatic heterocycles. The van der Waals surface area contributed by atoms with Crippen LogP contribution in [0, 0.1) is 0 Å². The molecule has 0 bridgehead atoms. The van der Waals surface area contributed by atoms with Gasteiger partial charge in [0, 0.05) is 12.1 Å². The van der Waals surface area contributed by atoms with Gasteiger partial charge >= 0.3 is 0 Å². The van der Waals surface area contributed by atoms with Crippen molar-refractivity contribution in [1.82, 2.24) is 4.90 Å². The zero-order valence-corrected chi connectivity index (χ0v) is 10.5. The first kappa shape index (κ1) is 11.7. The summed E-state index contributed by atoms with van der Waals surface area (Å²) in [6.07, 6.45) is 4.53. The highest BCUT2D eigenvalue weighted by Crippen LogP contribution is 2.28. The number of carbonyl (C=O) groups excluding carboxylic acids is 1. The van der Waals surface area contributed by atoms with Crippen molar-refractivity contribution in [3.63, 3.8) is 0 Å². The van der Waals surface area contributed by atoms with Gasteiger partial charge in [0.2, 0.25) is 0 Å². The van der Waals surface area contributed by atoms with Crippen molar-refractivity contribution in [3.8, 4) is 0 Å². The quantitative estimate of drug-likeness (QED) is 0.822. The second-order valence-corrected chi connectivity index (χ2v) is 5.32. The third-order valence-electron chi connectivity index (χ3n) is 4.22. The number of hydrogen-bond acceptors (Lipinski definition) is 2. The summed E-state index contributed by atoms with van der Waals surface area (Å²) >= 11 is 0. The van der Waals surface area contributed by atoms with Crippen LogP contribution in [0.1, 0.15) is 41.6 Å². The van der Waals surface area contributed by atoms with Gasteiger partial charge in [-0.05, 0) is 30.9 Å². The van der Waals surface area contributed by atoms with Gasteiger partial charge in [-0.15, -0.1) is 0 Å². The summed E-state index contributed by atoms with van der Waals surface area (Å²) in [5, 5.41) is 10.1. The average molecular weight is 245 g/mol. The van der Waals surface area contributed by atoms with E-state index < -0.39 is 0 Å². The summed E-state index contributed by atoms with van der Waals surface area (Å²) < 4.78 is 0. The summed E-state index contributed by atoms with van der Waals surface area (Å²) in [5.41, 5.74) is 1.96. The van der Waals surface area contributed by atoms with Crippen LogP contribution in [-0.2, 0) is 6.42 Å². The molecule has 1 heterocycles. The van der Waals surface area contributed by atoms with E-state index in [4.69, 9.17) is 0 Å².